The summed E-state index contributed by atoms with van der Waals surface area (Å²) >= 11 is 0. The molecule has 0 aromatic heterocycles. The van der Waals surface area contributed by atoms with Crippen LogP contribution in [0.3, 0.4) is 0 Å². The van der Waals surface area contributed by atoms with E-state index >= 15 is 0 Å². The molecular weight excluding hydrogens is 148 g/mol. The summed E-state index contributed by atoms with van der Waals surface area (Å²) in [6.45, 7) is 9.48. The maximum absolute atomic E-state index is 3.59. The number of hydrogen-bond acceptors (Lipinski definition) is 2. The minimum atomic E-state index is 0.344. The zero-order chi connectivity index (χ0) is 8.77. The fourth-order valence-electron chi connectivity index (χ4n) is 2.52. The molecule has 2 aliphatic rings. The van der Waals surface area contributed by atoms with Crippen LogP contribution in [0.5, 0.6) is 0 Å². The van der Waals surface area contributed by atoms with Gasteiger partial charge in [0, 0.05) is 12.1 Å². The van der Waals surface area contributed by atoms with Crippen LogP contribution in [0.15, 0.2) is 0 Å². The highest BCUT2D eigenvalue weighted by Crippen LogP contribution is 2.32. The highest BCUT2D eigenvalue weighted by atomic mass is 15.3. The highest BCUT2D eigenvalue weighted by molar-refractivity contribution is 4.93. The second kappa shape index (κ2) is 2.71. The molecule has 0 aliphatic carbocycles. The van der Waals surface area contributed by atoms with E-state index < -0.39 is 0 Å². The van der Waals surface area contributed by atoms with Crippen molar-refractivity contribution in [2.24, 2.45) is 5.92 Å². The largest absolute Gasteiger partial charge is 0.302 e. The Labute approximate surface area is 75.3 Å². The van der Waals surface area contributed by atoms with Gasteiger partial charge >= 0.3 is 0 Å². The number of fused-ring (bicyclic) bond motifs is 2. The van der Waals surface area contributed by atoms with Crippen molar-refractivity contribution in [1.29, 1.82) is 0 Å². The minimum absolute atomic E-state index is 0.344. The van der Waals surface area contributed by atoms with E-state index in [0.717, 1.165) is 5.92 Å². The number of nitrogens with zero attached hydrogens (tertiary/aromatic N) is 1. The van der Waals surface area contributed by atoms with Crippen molar-refractivity contribution >= 4 is 0 Å². The standard InChI is InChI=1S/C10H20N2/c1-10(2,3)12-7-8-4-5-11-9(12)6-8/h8-9,11H,4-7H2,1-3H3. The highest BCUT2D eigenvalue weighted by Gasteiger charge is 2.39. The average molecular weight is 168 g/mol. The molecule has 2 aliphatic heterocycles. The van der Waals surface area contributed by atoms with Crippen LogP contribution in [0.1, 0.15) is 33.6 Å². The summed E-state index contributed by atoms with van der Waals surface area (Å²) in [6, 6.07) is 0. The molecule has 2 unspecified atom stereocenters. The van der Waals surface area contributed by atoms with Crippen molar-refractivity contribution in [3.05, 3.63) is 0 Å². The lowest BCUT2D eigenvalue weighted by atomic mass is 10.0. The SMILES string of the molecule is CC(C)(C)N1CC2CCNC1C2. The molecule has 2 nitrogen and oxygen atoms in total. The first-order chi connectivity index (χ1) is 5.57. The lowest BCUT2D eigenvalue weighted by Crippen LogP contribution is -2.50. The predicted molar refractivity (Wildman–Crippen MR) is 51.0 cm³/mol. The molecule has 1 N–H and O–H groups in total. The van der Waals surface area contributed by atoms with E-state index in [2.05, 4.69) is 31.0 Å². The van der Waals surface area contributed by atoms with Gasteiger partial charge in [-0.25, -0.2) is 0 Å². The fourth-order valence-corrected chi connectivity index (χ4v) is 2.52. The third-order valence-corrected chi connectivity index (χ3v) is 3.18. The number of piperidine rings is 1. The van der Waals surface area contributed by atoms with Gasteiger partial charge in [-0.3, -0.25) is 4.90 Å². The van der Waals surface area contributed by atoms with Gasteiger partial charge in [0.1, 0.15) is 0 Å². The van der Waals surface area contributed by atoms with Crippen molar-refractivity contribution in [3.63, 3.8) is 0 Å². The van der Waals surface area contributed by atoms with Crippen LogP contribution in [0.2, 0.25) is 0 Å². The fraction of sp³-hybridized carbons (Fsp3) is 1.00. The van der Waals surface area contributed by atoms with Crippen LogP contribution in [0.4, 0.5) is 0 Å². The summed E-state index contributed by atoms with van der Waals surface area (Å²) in [7, 11) is 0. The predicted octanol–water partition coefficient (Wildman–Crippen LogP) is 1.43. The maximum Gasteiger partial charge on any atom is 0.0604 e. The van der Waals surface area contributed by atoms with Crippen molar-refractivity contribution < 1.29 is 0 Å². The van der Waals surface area contributed by atoms with Crippen molar-refractivity contribution in [3.8, 4) is 0 Å². The lowest BCUT2D eigenvalue weighted by molar-refractivity contribution is 0.106. The second-order valence-corrected chi connectivity index (χ2v) is 5.18. The molecule has 70 valence electrons. The summed E-state index contributed by atoms with van der Waals surface area (Å²) in [6.07, 6.45) is 3.42. The van der Waals surface area contributed by atoms with E-state index in [0.29, 0.717) is 11.7 Å². The van der Waals surface area contributed by atoms with Crippen molar-refractivity contribution in [2.45, 2.75) is 45.3 Å². The topological polar surface area (TPSA) is 15.3 Å². The molecule has 2 saturated heterocycles. The Bertz CT molecular complexity index is 171. The molecule has 0 amide bonds. The average Bonchev–Trinajstić information content (AvgIpc) is 2.25. The Morgan fingerprint density at radius 1 is 1.33 bits per heavy atom. The zero-order valence-corrected chi connectivity index (χ0v) is 8.43. The Morgan fingerprint density at radius 2 is 2.08 bits per heavy atom. The molecule has 0 radical (unpaired) electrons. The van der Waals surface area contributed by atoms with E-state index in [4.69, 9.17) is 0 Å². The van der Waals surface area contributed by atoms with Gasteiger partial charge in [0.2, 0.25) is 0 Å². The minimum Gasteiger partial charge on any atom is -0.302 e. The third-order valence-electron chi connectivity index (χ3n) is 3.18. The van der Waals surface area contributed by atoms with Crippen LogP contribution in [0, 0.1) is 5.92 Å². The van der Waals surface area contributed by atoms with Crippen LogP contribution >= 0.6 is 0 Å². The van der Waals surface area contributed by atoms with Gasteiger partial charge in [-0.05, 0) is 46.1 Å². The van der Waals surface area contributed by atoms with Crippen LogP contribution in [-0.4, -0.2) is 29.7 Å². The summed E-state index contributed by atoms with van der Waals surface area (Å²) in [5.41, 5.74) is 0.344. The van der Waals surface area contributed by atoms with Gasteiger partial charge in [0.15, 0.2) is 0 Å². The van der Waals surface area contributed by atoms with Gasteiger partial charge in [-0.1, -0.05) is 0 Å². The van der Waals surface area contributed by atoms with Gasteiger partial charge in [-0.15, -0.1) is 0 Å². The number of rotatable bonds is 0. The molecule has 0 aromatic rings. The Hall–Kier alpha value is -0.0800. The zero-order valence-electron chi connectivity index (χ0n) is 8.43. The van der Waals surface area contributed by atoms with Crippen LogP contribution in [0.25, 0.3) is 0 Å². The molecule has 2 rings (SSSR count). The molecule has 0 aromatic carbocycles. The molecule has 0 spiro atoms. The molecule has 12 heavy (non-hydrogen) atoms. The lowest BCUT2D eigenvalue weighted by Gasteiger charge is -2.36. The first-order valence-electron chi connectivity index (χ1n) is 5.07. The van der Waals surface area contributed by atoms with Gasteiger partial charge in [-0.2, -0.15) is 0 Å². The molecule has 2 heteroatoms. The molecule has 2 heterocycles. The maximum atomic E-state index is 3.59. The Kier molecular flexibility index (Phi) is 1.92. The molecule has 2 bridgehead atoms. The van der Waals surface area contributed by atoms with Crippen molar-refractivity contribution in [1.82, 2.24) is 10.2 Å². The summed E-state index contributed by atoms with van der Waals surface area (Å²) in [5.74, 6) is 0.968. The normalized spacial score (nSPS) is 37.2. The van der Waals surface area contributed by atoms with E-state index in [1.165, 1.54) is 25.9 Å². The Morgan fingerprint density at radius 3 is 2.67 bits per heavy atom. The van der Waals surface area contributed by atoms with Crippen molar-refractivity contribution in [2.75, 3.05) is 13.1 Å². The van der Waals surface area contributed by atoms with Crippen LogP contribution in [-0.2, 0) is 0 Å². The summed E-state index contributed by atoms with van der Waals surface area (Å²) < 4.78 is 0. The smallest absolute Gasteiger partial charge is 0.0604 e. The van der Waals surface area contributed by atoms with E-state index in [9.17, 15) is 0 Å². The van der Waals surface area contributed by atoms with E-state index in [1.54, 1.807) is 0 Å². The van der Waals surface area contributed by atoms with Gasteiger partial charge in [0.25, 0.3) is 0 Å². The number of hydrogen-bond donors (Lipinski definition) is 1. The van der Waals surface area contributed by atoms with Crippen LogP contribution < -0.4 is 5.32 Å². The number of nitrogens with one attached hydrogen (secondary N) is 1. The van der Waals surface area contributed by atoms with E-state index in [-0.39, 0.29) is 0 Å². The number of likely N-dealkylation sites (tertiary alicyclic amines) is 1. The molecule has 2 atom stereocenters. The monoisotopic (exact) mass is 168 g/mol. The third kappa shape index (κ3) is 1.38. The quantitative estimate of drug-likeness (QED) is 0.588. The summed E-state index contributed by atoms with van der Waals surface area (Å²) in [5, 5.41) is 3.59. The van der Waals surface area contributed by atoms with E-state index in [1.807, 2.05) is 0 Å². The Balaban J connectivity index is 2.09. The first kappa shape index (κ1) is 8.52. The van der Waals surface area contributed by atoms with Gasteiger partial charge < -0.3 is 5.32 Å². The second-order valence-electron chi connectivity index (χ2n) is 5.18. The molecular formula is C10H20N2. The van der Waals surface area contributed by atoms with Gasteiger partial charge in [0.05, 0.1) is 6.17 Å². The first-order valence-corrected chi connectivity index (χ1v) is 5.07. The molecule has 0 saturated carbocycles. The summed E-state index contributed by atoms with van der Waals surface area (Å²) in [4.78, 5) is 2.62. The molecule has 2 fully saturated rings.